The first-order chi connectivity index (χ1) is 14.6. The Hall–Kier alpha value is -2.77. The normalized spacial score (nSPS) is 14.8. The standard InChI is InChI=1S/C23H25N3O3S/c1-3-29-23(28)21-16(2)17-7-4-5-8-18(17)24-19(21)15-25-10-12-26(13-11-25)22(27)20-9-6-14-30-20/h4-9,14H,3,10-13,15H2,1-2H3. The maximum Gasteiger partial charge on any atom is 0.340 e. The number of hydrogen-bond acceptors (Lipinski definition) is 6. The summed E-state index contributed by atoms with van der Waals surface area (Å²) in [6.45, 7) is 7.47. The van der Waals surface area contributed by atoms with Gasteiger partial charge in [0.05, 0.1) is 28.3 Å². The van der Waals surface area contributed by atoms with Crippen molar-refractivity contribution in [2.45, 2.75) is 20.4 Å². The van der Waals surface area contributed by atoms with E-state index in [1.54, 1.807) is 0 Å². The van der Waals surface area contributed by atoms with Crippen LogP contribution in [0.25, 0.3) is 10.9 Å². The molecule has 3 aromatic rings. The molecule has 1 aromatic carbocycles. The Morgan fingerprint density at radius 1 is 1.10 bits per heavy atom. The SMILES string of the molecule is CCOC(=O)c1c(CN2CCN(C(=O)c3cccs3)CC2)nc2ccccc2c1C. The molecule has 0 atom stereocenters. The van der Waals surface area contributed by atoms with Crippen molar-refractivity contribution in [3.63, 3.8) is 0 Å². The van der Waals surface area contributed by atoms with Crippen molar-refractivity contribution in [2.24, 2.45) is 0 Å². The first-order valence-corrected chi connectivity index (χ1v) is 11.1. The molecule has 0 aliphatic carbocycles. The third kappa shape index (κ3) is 4.08. The number of aryl methyl sites for hydroxylation is 1. The lowest BCUT2D eigenvalue weighted by molar-refractivity contribution is 0.0521. The lowest BCUT2D eigenvalue weighted by atomic mass is 10.0. The zero-order valence-electron chi connectivity index (χ0n) is 17.3. The highest BCUT2D eigenvalue weighted by molar-refractivity contribution is 7.12. The number of benzene rings is 1. The smallest absolute Gasteiger partial charge is 0.340 e. The van der Waals surface area contributed by atoms with Crippen LogP contribution in [0.3, 0.4) is 0 Å². The van der Waals surface area contributed by atoms with Crippen molar-refractivity contribution in [3.05, 3.63) is 63.5 Å². The van der Waals surface area contributed by atoms with Gasteiger partial charge in [0.1, 0.15) is 0 Å². The van der Waals surface area contributed by atoms with E-state index in [-0.39, 0.29) is 11.9 Å². The first-order valence-electron chi connectivity index (χ1n) is 10.2. The van der Waals surface area contributed by atoms with Gasteiger partial charge >= 0.3 is 5.97 Å². The van der Waals surface area contributed by atoms with Gasteiger partial charge in [-0.25, -0.2) is 4.79 Å². The van der Waals surface area contributed by atoms with E-state index in [4.69, 9.17) is 9.72 Å². The Bertz CT molecular complexity index is 1060. The van der Waals surface area contributed by atoms with Crippen molar-refractivity contribution in [1.29, 1.82) is 0 Å². The van der Waals surface area contributed by atoms with Gasteiger partial charge in [0, 0.05) is 38.1 Å². The average Bonchev–Trinajstić information content (AvgIpc) is 3.29. The van der Waals surface area contributed by atoms with Crippen LogP contribution in [-0.2, 0) is 11.3 Å². The molecule has 7 heteroatoms. The van der Waals surface area contributed by atoms with Crippen LogP contribution in [0.15, 0.2) is 41.8 Å². The van der Waals surface area contributed by atoms with Crippen LogP contribution < -0.4 is 0 Å². The highest BCUT2D eigenvalue weighted by Gasteiger charge is 2.26. The number of piperazine rings is 1. The van der Waals surface area contributed by atoms with Crippen LogP contribution in [0.5, 0.6) is 0 Å². The number of nitrogens with zero attached hydrogens (tertiary/aromatic N) is 3. The molecule has 1 aliphatic rings. The minimum Gasteiger partial charge on any atom is -0.462 e. The second kappa shape index (κ2) is 8.93. The molecule has 1 fully saturated rings. The highest BCUT2D eigenvalue weighted by atomic mass is 32.1. The minimum atomic E-state index is -0.324. The van der Waals surface area contributed by atoms with Gasteiger partial charge < -0.3 is 9.64 Å². The van der Waals surface area contributed by atoms with Gasteiger partial charge in [0.2, 0.25) is 0 Å². The summed E-state index contributed by atoms with van der Waals surface area (Å²) in [6.07, 6.45) is 0. The maximum atomic E-state index is 12.7. The van der Waals surface area contributed by atoms with Crippen molar-refractivity contribution in [2.75, 3.05) is 32.8 Å². The molecule has 0 N–H and O–H groups in total. The molecule has 156 valence electrons. The van der Waals surface area contributed by atoms with Gasteiger partial charge in [-0.3, -0.25) is 14.7 Å². The van der Waals surface area contributed by atoms with Gasteiger partial charge in [0.25, 0.3) is 5.91 Å². The summed E-state index contributed by atoms with van der Waals surface area (Å²) in [5.74, 6) is -0.230. The van der Waals surface area contributed by atoms with Gasteiger partial charge in [-0.15, -0.1) is 11.3 Å². The topological polar surface area (TPSA) is 62.7 Å². The molecule has 1 saturated heterocycles. The summed E-state index contributed by atoms with van der Waals surface area (Å²) in [7, 11) is 0. The molecule has 30 heavy (non-hydrogen) atoms. The van der Waals surface area contributed by atoms with Crippen LogP contribution >= 0.6 is 11.3 Å². The van der Waals surface area contributed by atoms with E-state index in [2.05, 4.69) is 4.90 Å². The number of pyridine rings is 1. The summed E-state index contributed by atoms with van der Waals surface area (Å²) >= 11 is 1.47. The van der Waals surface area contributed by atoms with E-state index in [0.717, 1.165) is 40.1 Å². The molecule has 6 nitrogen and oxygen atoms in total. The van der Waals surface area contributed by atoms with Gasteiger partial charge in [0.15, 0.2) is 0 Å². The highest BCUT2D eigenvalue weighted by Crippen LogP contribution is 2.25. The van der Waals surface area contributed by atoms with E-state index in [9.17, 15) is 9.59 Å². The number of aromatic nitrogens is 1. The average molecular weight is 424 g/mol. The van der Waals surface area contributed by atoms with Crippen LogP contribution in [0, 0.1) is 6.92 Å². The van der Waals surface area contributed by atoms with Crippen LogP contribution in [-0.4, -0.2) is 59.4 Å². The van der Waals surface area contributed by atoms with Crippen molar-refractivity contribution >= 4 is 34.1 Å². The lowest BCUT2D eigenvalue weighted by Gasteiger charge is -2.34. The molecule has 0 unspecified atom stereocenters. The maximum absolute atomic E-state index is 12.7. The van der Waals surface area contributed by atoms with E-state index in [0.29, 0.717) is 31.8 Å². The molecule has 2 aromatic heterocycles. The number of rotatable bonds is 5. The number of fused-ring (bicyclic) bond motifs is 1. The number of thiophene rings is 1. The molecule has 0 bridgehead atoms. The van der Waals surface area contributed by atoms with E-state index in [1.165, 1.54) is 11.3 Å². The molecule has 0 spiro atoms. The van der Waals surface area contributed by atoms with E-state index in [1.807, 2.05) is 60.5 Å². The number of para-hydroxylation sites is 1. The van der Waals surface area contributed by atoms with Crippen molar-refractivity contribution in [1.82, 2.24) is 14.8 Å². The van der Waals surface area contributed by atoms with Crippen molar-refractivity contribution < 1.29 is 14.3 Å². The predicted octanol–water partition coefficient (Wildman–Crippen LogP) is 3.74. The number of carbonyl (C=O) groups is 2. The molecule has 0 saturated carbocycles. The fraction of sp³-hybridized carbons (Fsp3) is 0.348. The lowest BCUT2D eigenvalue weighted by Crippen LogP contribution is -2.48. The van der Waals surface area contributed by atoms with Gasteiger partial charge in [-0.05, 0) is 36.9 Å². The molecule has 1 amide bonds. The minimum absolute atomic E-state index is 0.0940. The molecule has 4 rings (SSSR count). The summed E-state index contributed by atoms with van der Waals surface area (Å²) < 4.78 is 5.33. The molecular weight excluding hydrogens is 398 g/mol. The molecule has 0 radical (unpaired) electrons. The Morgan fingerprint density at radius 3 is 2.57 bits per heavy atom. The quantitative estimate of drug-likeness (QED) is 0.585. The number of esters is 1. The molecule has 3 heterocycles. The van der Waals surface area contributed by atoms with Crippen LogP contribution in [0.4, 0.5) is 0 Å². The zero-order valence-corrected chi connectivity index (χ0v) is 18.1. The zero-order chi connectivity index (χ0) is 21.1. The summed E-state index contributed by atoms with van der Waals surface area (Å²) in [5.41, 5.74) is 3.08. The Morgan fingerprint density at radius 2 is 1.87 bits per heavy atom. The second-order valence-corrected chi connectivity index (χ2v) is 8.29. The van der Waals surface area contributed by atoms with Crippen LogP contribution in [0.2, 0.25) is 0 Å². The third-order valence-corrected chi connectivity index (χ3v) is 6.33. The summed E-state index contributed by atoms with van der Waals surface area (Å²) in [5, 5.41) is 2.89. The van der Waals surface area contributed by atoms with E-state index < -0.39 is 0 Å². The number of carbonyl (C=O) groups excluding carboxylic acids is 2. The fourth-order valence-corrected chi connectivity index (χ4v) is 4.60. The summed E-state index contributed by atoms with van der Waals surface area (Å²) in [4.78, 5) is 35.0. The third-order valence-electron chi connectivity index (χ3n) is 5.47. The number of ether oxygens (including phenoxy) is 1. The Kier molecular flexibility index (Phi) is 6.11. The second-order valence-electron chi connectivity index (χ2n) is 7.34. The number of hydrogen-bond donors (Lipinski definition) is 0. The molecule has 1 aliphatic heterocycles. The van der Waals surface area contributed by atoms with Crippen LogP contribution in [0.1, 0.15) is 38.2 Å². The largest absolute Gasteiger partial charge is 0.462 e. The number of amides is 1. The van der Waals surface area contributed by atoms with Gasteiger partial charge in [-0.2, -0.15) is 0 Å². The van der Waals surface area contributed by atoms with E-state index >= 15 is 0 Å². The predicted molar refractivity (Wildman–Crippen MR) is 118 cm³/mol. The Balaban J connectivity index is 1.54. The van der Waals surface area contributed by atoms with Crippen molar-refractivity contribution in [3.8, 4) is 0 Å². The Labute approximate surface area is 180 Å². The summed E-state index contributed by atoms with van der Waals surface area (Å²) in [6, 6.07) is 11.6. The fourth-order valence-electron chi connectivity index (χ4n) is 3.91. The first kappa shape index (κ1) is 20.5. The monoisotopic (exact) mass is 423 g/mol. The molecular formula is C23H25N3O3S. The van der Waals surface area contributed by atoms with Gasteiger partial charge in [-0.1, -0.05) is 24.3 Å².